The van der Waals surface area contributed by atoms with Crippen LogP contribution in [0.25, 0.3) is 0 Å². The zero-order valence-electron chi connectivity index (χ0n) is 10.4. The Hall–Kier alpha value is -0.820. The maximum Gasteiger partial charge on any atom is -0.00114 e. The van der Waals surface area contributed by atoms with E-state index >= 15 is 0 Å². The molecule has 1 rings (SSSR count). The molecule has 1 N–H and O–H groups in total. The quantitative estimate of drug-likeness (QED) is 0.796. The van der Waals surface area contributed by atoms with Gasteiger partial charge in [-0.1, -0.05) is 45.0 Å². The van der Waals surface area contributed by atoms with Crippen molar-refractivity contribution < 1.29 is 0 Å². The van der Waals surface area contributed by atoms with Crippen LogP contribution >= 0.6 is 0 Å². The molecule has 0 radical (unpaired) electrons. The molecule has 0 saturated carbocycles. The van der Waals surface area contributed by atoms with Crippen molar-refractivity contribution in [3.05, 3.63) is 35.4 Å². The molecule has 0 fully saturated rings. The lowest BCUT2D eigenvalue weighted by molar-refractivity contribution is 0.411. The van der Waals surface area contributed by atoms with E-state index in [2.05, 4.69) is 50.4 Å². The molecule has 0 unspecified atom stereocenters. The minimum absolute atomic E-state index is 0.381. The lowest BCUT2D eigenvalue weighted by atomic mass is 9.88. The second-order valence-electron chi connectivity index (χ2n) is 5.41. The molecule has 0 aliphatic rings. The number of nitrogens with one attached hydrogen (secondary N) is 1. The second kappa shape index (κ2) is 5.32. The van der Waals surface area contributed by atoms with Crippen LogP contribution in [0.2, 0.25) is 0 Å². The first kappa shape index (κ1) is 12.3. The normalized spacial score (nSPS) is 11.7. The summed E-state index contributed by atoms with van der Waals surface area (Å²) in [6, 6.07) is 9.02. The summed E-state index contributed by atoms with van der Waals surface area (Å²) in [6.45, 7) is 7.89. The Bertz CT molecular complexity index is 279. The van der Waals surface area contributed by atoms with Crippen molar-refractivity contribution in [2.24, 2.45) is 5.41 Å². The molecule has 0 atom stereocenters. The van der Waals surface area contributed by atoms with Crippen LogP contribution in [0.15, 0.2) is 24.3 Å². The Morgan fingerprint density at radius 2 is 1.53 bits per heavy atom. The van der Waals surface area contributed by atoms with E-state index in [9.17, 15) is 0 Å². The van der Waals surface area contributed by atoms with Crippen LogP contribution < -0.4 is 5.32 Å². The molecule has 1 heteroatoms. The molecule has 0 saturated heterocycles. The summed E-state index contributed by atoms with van der Waals surface area (Å²) in [7, 11) is 1.99. The third kappa shape index (κ3) is 4.98. The lowest BCUT2D eigenvalue weighted by Gasteiger charge is -2.18. The highest BCUT2D eigenvalue weighted by atomic mass is 14.8. The number of benzene rings is 1. The van der Waals surface area contributed by atoms with Gasteiger partial charge in [0.2, 0.25) is 0 Å². The summed E-state index contributed by atoms with van der Waals surface area (Å²) in [5, 5.41) is 3.17. The summed E-state index contributed by atoms with van der Waals surface area (Å²) in [4.78, 5) is 0. The average molecular weight is 205 g/mol. The molecule has 0 aromatic heterocycles. The van der Waals surface area contributed by atoms with Crippen LogP contribution in [0.3, 0.4) is 0 Å². The average Bonchev–Trinajstić information content (AvgIpc) is 2.14. The zero-order valence-corrected chi connectivity index (χ0v) is 10.4. The number of hydrogen-bond donors (Lipinski definition) is 1. The molecular formula is C14H23N. The smallest absolute Gasteiger partial charge is 0.00114 e. The molecule has 1 nitrogen and oxygen atoms in total. The molecule has 0 spiro atoms. The molecule has 0 aliphatic carbocycles. The van der Waals surface area contributed by atoms with Gasteiger partial charge in [-0.25, -0.2) is 0 Å². The molecule has 1 aromatic rings. The first-order valence-corrected chi connectivity index (χ1v) is 5.74. The first-order valence-electron chi connectivity index (χ1n) is 5.74. The van der Waals surface area contributed by atoms with Gasteiger partial charge in [0.05, 0.1) is 0 Å². The highest BCUT2D eigenvalue weighted by Crippen LogP contribution is 2.20. The zero-order chi connectivity index (χ0) is 11.3. The Labute approximate surface area is 93.9 Å². The minimum Gasteiger partial charge on any atom is -0.319 e. The Morgan fingerprint density at radius 3 is 2.00 bits per heavy atom. The van der Waals surface area contributed by atoms with Gasteiger partial charge < -0.3 is 5.32 Å². The first-order chi connectivity index (χ1) is 7.01. The molecule has 0 amide bonds. The van der Waals surface area contributed by atoms with Gasteiger partial charge in [0.25, 0.3) is 0 Å². The summed E-state index contributed by atoms with van der Waals surface area (Å²) in [5.41, 5.74) is 3.24. The van der Waals surface area contributed by atoms with Gasteiger partial charge >= 0.3 is 0 Å². The van der Waals surface area contributed by atoms with Crippen LogP contribution in [0.4, 0.5) is 0 Å². The fourth-order valence-corrected chi connectivity index (χ4v) is 1.71. The van der Waals surface area contributed by atoms with Crippen LogP contribution in [0.1, 0.15) is 31.9 Å². The maximum absolute atomic E-state index is 3.17. The van der Waals surface area contributed by atoms with Crippen molar-refractivity contribution in [3.63, 3.8) is 0 Å². The molecule has 0 bridgehead atoms. The van der Waals surface area contributed by atoms with Gasteiger partial charge in [-0.3, -0.25) is 0 Å². The van der Waals surface area contributed by atoms with Crippen molar-refractivity contribution in [2.75, 3.05) is 13.6 Å². The van der Waals surface area contributed by atoms with Crippen molar-refractivity contribution in [3.8, 4) is 0 Å². The van der Waals surface area contributed by atoms with Gasteiger partial charge in [0.1, 0.15) is 0 Å². The van der Waals surface area contributed by atoms with Gasteiger partial charge in [0, 0.05) is 0 Å². The van der Waals surface area contributed by atoms with E-state index in [1.165, 1.54) is 11.1 Å². The number of likely N-dealkylation sites (N-methyl/N-ethyl adjacent to an activating group) is 1. The van der Waals surface area contributed by atoms with Crippen LogP contribution in [-0.4, -0.2) is 13.6 Å². The predicted molar refractivity (Wildman–Crippen MR) is 67.2 cm³/mol. The van der Waals surface area contributed by atoms with Crippen molar-refractivity contribution >= 4 is 0 Å². The lowest BCUT2D eigenvalue weighted by Crippen LogP contribution is -2.11. The number of hydrogen-bond acceptors (Lipinski definition) is 1. The van der Waals surface area contributed by atoms with Crippen molar-refractivity contribution in [1.29, 1.82) is 0 Å². The van der Waals surface area contributed by atoms with Crippen molar-refractivity contribution in [2.45, 2.75) is 33.6 Å². The summed E-state index contributed by atoms with van der Waals surface area (Å²) in [5.74, 6) is 0. The molecule has 0 heterocycles. The van der Waals surface area contributed by atoms with E-state index in [4.69, 9.17) is 0 Å². The van der Waals surface area contributed by atoms with Gasteiger partial charge in [-0.05, 0) is 43.0 Å². The highest BCUT2D eigenvalue weighted by Gasteiger charge is 2.10. The molecule has 84 valence electrons. The summed E-state index contributed by atoms with van der Waals surface area (Å²) < 4.78 is 0. The Balaban J connectivity index is 2.56. The topological polar surface area (TPSA) is 12.0 Å². The van der Waals surface area contributed by atoms with E-state index in [-0.39, 0.29) is 0 Å². The van der Waals surface area contributed by atoms with Crippen molar-refractivity contribution in [1.82, 2.24) is 5.32 Å². The minimum atomic E-state index is 0.381. The fourth-order valence-electron chi connectivity index (χ4n) is 1.71. The third-order valence-electron chi connectivity index (χ3n) is 2.42. The van der Waals surface area contributed by atoms with E-state index in [1.807, 2.05) is 7.05 Å². The second-order valence-corrected chi connectivity index (χ2v) is 5.41. The fraction of sp³-hybridized carbons (Fsp3) is 0.571. The van der Waals surface area contributed by atoms with Gasteiger partial charge in [0.15, 0.2) is 0 Å². The monoisotopic (exact) mass is 205 g/mol. The number of rotatable bonds is 4. The maximum atomic E-state index is 3.17. The summed E-state index contributed by atoms with van der Waals surface area (Å²) >= 11 is 0. The summed E-state index contributed by atoms with van der Waals surface area (Å²) in [6.07, 6.45) is 2.27. The predicted octanol–water partition coefficient (Wildman–Crippen LogP) is 3.04. The SMILES string of the molecule is CNCCc1ccc(CC(C)(C)C)cc1. The highest BCUT2D eigenvalue weighted by molar-refractivity contribution is 5.23. The Kier molecular flexibility index (Phi) is 4.34. The molecule has 1 aromatic carbocycles. The van der Waals surface area contributed by atoms with Gasteiger partial charge in [-0.2, -0.15) is 0 Å². The molecule has 15 heavy (non-hydrogen) atoms. The molecular weight excluding hydrogens is 182 g/mol. The standard InChI is InChI=1S/C14H23N/c1-14(2,3)11-13-7-5-12(6-8-13)9-10-15-4/h5-8,15H,9-11H2,1-4H3. The largest absolute Gasteiger partial charge is 0.319 e. The van der Waals surface area contributed by atoms with E-state index in [0.717, 1.165) is 19.4 Å². The molecule has 0 aliphatic heterocycles. The Morgan fingerprint density at radius 1 is 1.00 bits per heavy atom. The van der Waals surface area contributed by atoms with Crippen LogP contribution in [-0.2, 0) is 12.8 Å². The van der Waals surface area contributed by atoms with E-state index < -0.39 is 0 Å². The van der Waals surface area contributed by atoms with Crippen LogP contribution in [0, 0.1) is 5.41 Å². The van der Waals surface area contributed by atoms with Crippen LogP contribution in [0.5, 0.6) is 0 Å². The van der Waals surface area contributed by atoms with E-state index in [0.29, 0.717) is 5.41 Å². The van der Waals surface area contributed by atoms with Gasteiger partial charge in [-0.15, -0.1) is 0 Å². The van der Waals surface area contributed by atoms with E-state index in [1.54, 1.807) is 0 Å². The third-order valence-corrected chi connectivity index (χ3v) is 2.42.